The lowest BCUT2D eigenvalue weighted by Gasteiger charge is -2.15. The first-order chi connectivity index (χ1) is 15.6. The molecule has 32 heavy (non-hydrogen) atoms. The molecule has 1 aromatic heterocycles. The second kappa shape index (κ2) is 9.41. The number of aliphatic carboxylic acids is 1. The maximum absolute atomic E-state index is 11.4. The van der Waals surface area contributed by atoms with E-state index in [1.165, 1.54) is 11.8 Å². The highest BCUT2D eigenvalue weighted by Gasteiger charge is 2.13. The minimum atomic E-state index is -0.905. The van der Waals surface area contributed by atoms with Gasteiger partial charge in [-0.05, 0) is 42.0 Å². The maximum Gasteiger partial charge on any atom is 0.307 e. The summed E-state index contributed by atoms with van der Waals surface area (Å²) in [6, 6.07) is 21.0. The minimum absolute atomic E-state index is 0.104. The number of nitriles is 1. The number of carboxylic acids is 1. The highest BCUT2D eigenvalue weighted by molar-refractivity contribution is 7.99. The topological polar surface area (TPSA) is 95.2 Å². The number of nitrogens with zero attached hydrogens (tertiary/aromatic N) is 2. The van der Waals surface area contributed by atoms with Gasteiger partial charge < -0.3 is 15.2 Å². The van der Waals surface area contributed by atoms with Crippen LogP contribution in [0.2, 0.25) is 0 Å². The lowest BCUT2D eigenvalue weighted by molar-refractivity contribution is -0.136. The van der Waals surface area contributed by atoms with Crippen LogP contribution < -0.4 is 10.1 Å². The van der Waals surface area contributed by atoms with Crippen molar-refractivity contribution in [1.29, 1.82) is 5.26 Å². The van der Waals surface area contributed by atoms with Gasteiger partial charge in [-0.25, -0.2) is 0 Å². The van der Waals surface area contributed by atoms with Crippen molar-refractivity contribution in [3.63, 3.8) is 0 Å². The average Bonchev–Trinajstić information content (AvgIpc) is 2.81. The molecule has 0 aliphatic heterocycles. The summed E-state index contributed by atoms with van der Waals surface area (Å²) in [4.78, 5) is 17.3. The number of rotatable bonds is 7. The van der Waals surface area contributed by atoms with E-state index < -0.39 is 5.97 Å². The number of aromatic nitrogens is 1. The molecule has 0 aliphatic carbocycles. The SMILES string of the molecule is COc1ccc(Sc2ccncc2Nc2ccc(C#N)c3ccccc23)c(CC(=O)O)c1. The number of methoxy groups -OCH3 is 1. The van der Waals surface area contributed by atoms with Gasteiger partial charge in [-0.2, -0.15) is 5.26 Å². The Morgan fingerprint density at radius 2 is 1.91 bits per heavy atom. The third-order valence-electron chi connectivity index (χ3n) is 4.92. The van der Waals surface area contributed by atoms with Crippen molar-refractivity contribution in [2.45, 2.75) is 16.2 Å². The molecule has 6 nitrogen and oxygen atoms in total. The zero-order chi connectivity index (χ0) is 22.5. The molecule has 0 fully saturated rings. The van der Waals surface area contributed by atoms with Crippen LogP contribution in [0, 0.1) is 11.3 Å². The Bertz CT molecular complexity index is 1350. The van der Waals surface area contributed by atoms with E-state index in [-0.39, 0.29) is 6.42 Å². The van der Waals surface area contributed by atoms with Gasteiger partial charge in [-0.3, -0.25) is 9.78 Å². The zero-order valence-corrected chi connectivity index (χ0v) is 18.0. The van der Waals surface area contributed by atoms with Gasteiger partial charge in [-0.1, -0.05) is 36.0 Å². The fourth-order valence-electron chi connectivity index (χ4n) is 3.42. The quantitative estimate of drug-likeness (QED) is 0.383. The van der Waals surface area contributed by atoms with Gasteiger partial charge in [0.05, 0.1) is 37.0 Å². The van der Waals surface area contributed by atoms with Crippen molar-refractivity contribution in [3.8, 4) is 11.8 Å². The molecular formula is C25H19N3O3S. The van der Waals surface area contributed by atoms with Gasteiger partial charge >= 0.3 is 5.97 Å². The fraction of sp³-hybridized carbons (Fsp3) is 0.0800. The number of hydrogen-bond donors (Lipinski definition) is 2. The molecule has 4 rings (SSSR count). The van der Waals surface area contributed by atoms with E-state index in [0.717, 1.165) is 31.9 Å². The third kappa shape index (κ3) is 4.51. The number of fused-ring (bicyclic) bond motifs is 1. The van der Waals surface area contributed by atoms with Crippen molar-refractivity contribution in [1.82, 2.24) is 4.98 Å². The molecule has 0 unspecified atom stereocenters. The average molecular weight is 442 g/mol. The van der Waals surface area contributed by atoms with Gasteiger partial charge in [0.15, 0.2) is 0 Å². The summed E-state index contributed by atoms with van der Waals surface area (Å²) < 4.78 is 5.26. The predicted octanol–water partition coefficient (Wildman–Crippen LogP) is 5.64. The number of ether oxygens (including phenoxy) is 1. The molecule has 0 saturated carbocycles. The molecule has 0 atom stereocenters. The van der Waals surface area contributed by atoms with E-state index >= 15 is 0 Å². The molecule has 7 heteroatoms. The zero-order valence-electron chi connectivity index (χ0n) is 17.2. The maximum atomic E-state index is 11.4. The molecule has 0 spiro atoms. The molecule has 0 amide bonds. The molecular weight excluding hydrogens is 422 g/mol. The fourth-order valence-corrected chi connectivity index (χ4v) is 4.39. The monoisotopic (exact) mass is 441 g/mol. The first-order valence-corrected chi connectivity index (χ1v) is 10.6. The van der Waals surface area contributed by atoms with Crippen LogP contribution in [0.25, 0.3) is 10.8 Å². The Balaban J connectivity index is 1.71. The van der Waals surface area contributed by atoms with Crippen LogP contribution in [-0.2, 0) is 11.2 Å². The standard InChI is InChI=1S/C25H19N3O3S/c1-31-18-7-9-23(17(12-18)13-25(29)30)32-24-10-11-27-15-22(24)28-21-8-6-16(14-26)19-4-2-3-5-20(19)21/h2-12,15,28H,13H2,1H3,(H,29,30). The number of pyridine rings is 1. The predicted molar refractivity (Wildman–Crippen MR) is 125 cm³/mol. The summed E-state index contributed by atoms with van der Waals surface area (Å²) in [6.07, 6.45) is 3.33. The van der Waals surface area contributed by atoms with Crippen LogP contribution in [-0.4, -0.2) is 23.2 Å². The van der Waals surface area contributed by atoms with Gasteiger partial charge in [0, 0.05) is 32.4 Å². The van der Waals surface area contributed by atoms with Crippen molar-refractivity contribution in [2.24, 2.45) is 0 Å². The van der Waals surface area contributed by atoms with Crippen LogP contribution in [0.15, 0.2) is 82.8 Å². The molecule has 0 radical (unpaired) electrons. The smallest absolute Gasteiger partial charge is 0.307 e. The molecule has 0 saturated heterocycles. The van der Waals surface area contributed by atoms with Crippen LogP contribution in [0.3, 0.4) is 0 Å². The summed E-state index contributed by atoms with van der Waals surface area (Å²) in [6.45, 7) is 0. The lowest BCUT2D eigenvalue weighted by Crippen LogP contribution is -2.02. The number of benzene rings is 3. The van der Waals surface area contributed by atoms with Gasteiger partial charge in [-0.15, -0.1) is 0 Å². The van der Waals surface area contributed by atoms with Crippen LogP contribution in [0.4, 0.5) is 11.4 Å². The Morgan fingerprint density at radius 1 is 1.09 bits per heavy atom. The summed E-state index contributed by atoms with van der Waals surface area (Å²) >= 11 is 1.46. The molecule has 158 valence electrons. The first kappa shape index (κ1) is 21.2. The van der Waals surface area contributed by atoms with Crippen molar-refractivity contribution >= 4 is 39.9 Å². The summed E-state index contributed by atoms with van der Waals surface area (Å²) in [5.74, 6) is -0.292. The Kier molecular flexibility index (Phi) is 6.24. The summed E-state index contributed by atoms with van der Waals surface area (Å²) in [5, 5.41) is 24.0. The normalized spacial score (nSPS) is 10.5. The highest BCUT2D eigenvalue weighted by atomic mass is 32.2. The Morgan fingerprint density at radius 3 is 2.66 bits per heavy atom. The van der Waals surface area contributed by atoms with Gasteiger partial charge in [0.25, 0.3) is 0 Å². The van der Waals surface area contributed by atoms with E-state index in [4.69, 9.17) is 4.74 Å². The number of hydrogen-bond acceptors (Lipinski definition) is 6. The van der Waals surface area contributed by atoms with Crippen molar-refractivity contribution in [2.75, 3.05) is 12.4 Å². The van der Waals surface area contributed by atoms with Gasteiger partial charge in [0.2, 0.25) is 0 Å². The summed E-state index contributed by atoms with van der Waals surface area (Å²) in [7, 11) is 1.56. The molecule has 0 aliphatic rings. The van der Waals surface area contributed by atoms with E-state index in [2.05, 4.69) is 16.4 Å². The number of nitrogens with one attached hydrogen (secondary N) is 1. The molecule has 4 aromatic rings. The number of carbonyl (C=O) groups is 1. The van der Waals surface area contributed by atoms with Crippen LogP contribution in [0.5, 0.6) is 5.75 Å². The molecule has 0 bridgehead atoms. The van der Waals surface area contributed by atoms with E-state index in [1.54, 1.807) is 31.6 Å². The Labute approximate surface area is 189 Å². The molecule has 2 N–H and O–H groups in total. The van der Waals surface area contributed by atoms with Crippen LogP contribution >= 0.6 is 11.8 Å². The Hall–Kier alpha value is -4.02. The first-order valence-electron chi connectivity index (χ1n) is 9.78. The van der Waals surface area contributed by atoms with E-state index in [1.807, 2.05) is 48.5 Å². The minimum Gasteiger partial charge on any atom is -0.497 e. The summed E-state index contributed by atoms with van der Waals surface area (Å²) in [5.41, 5.74) is 2.93. The van der Waals surface area contributed by atoms with Crippen molar-refractivity contribution < 1.29 is 14.6 Å². The number of carboxylic acid groups (broad SMARTS) is 1. The third-order valence-corrected chi connectivity index (χ3v) is 6.12. The van der Waals surface area contributed by atoms with Crippen LogP contribution in [0.1, 0.15) is 11.1 Å². The second-order valence-corrected chi connectivity index (χ2v) is 8.04. The van der Waals surface area contributed by atoms with Crippen molar-refractivity contribution in [3.05, 3.63) is 84.2 Å². The molecule has 1 heterocycles. The second-order valence-electron chi connectivity index (χ2n) is 6.96. The highest BCUT2D eigenvalue weighted by Crippen LogP contribution is 2.38. The lowest BCUT2D eigenvalue weighted by atomic mass is 10.0. The number of anilines is 2. The van der Waals surface area contributed by atoms with Gasteiger partial charge in [0.1, 0.15) is 5.75 Å². The molecule has 3 aromatic carbocycles. The van der Waals surface area contributed by atoms with E-state index in [9.17, 15) is 15.2 Å². The van der Waals surface area contributed by atoms with E-state index in [0.29, 0.717) is 16.9 Å². The largest absolute Gasteiger partial charge is 0.497 e.